The van der Waals surface area contributed by atoms with Crippen LogP contribution in [-0.2, 0) is 10.0 Å². The van der Waals surface area contributed by atoms with Crippen molar-refractivity contribution < 1.29 is 8.42 Å². The summed E-state index contributed by atoms with van der Waals surface area (Å²) < 4.78 is 27.1. The number of rotatable bonds is 3. The molecule has 2 rings (SSSR count). The van der Waals surface area contributed by atoms with Crippen molar-refractivity contribution in [2.45, 2.75) is 25.7 Å². The summed E-state index contributed by atoms with van der Waals surface area (Å²) in [6.07, 6.45) is 0. The van der Waals surface area contributed by atoms with Crippen LogP contribution < -0.4 is 4.72 Å². The van der Waals surface area contributed by atoms with Crippen LogP contribution in [0.25, 0.3) is 0 Å². The summed E-state index contributed by atoms with van der Waals surface area (Å²) in [5, 5.41) is 0. The second-order valence-corrected chi connectivity index (χ2v) is 6.48. The maximum absolute atomic E-state index is 12.3. The second kappa shape index (κ2) is 5.05. The maximum Gasteiger partial charge on any atom is 0.261 e. The van der Waals surface area contributed by atoms with Gasteiger partial charge in [-0.2, -0.15) is 0 Å². The van der Waals surface area contributed by atoms with Crippen molar-refractivity contribution in [3.05, 3.63) is 59.2 Å². The normalized spacial score (nSPS) is 11.3. The van der Waals surface area contributed by atoms with E-state index in [4.69, 9.17) is 0 Å². The largest absolute Gasteiger partial charge is 0.280 e. The van der Waals surface area contributed by atoms with Gasteiger partial charge in [0.15, 0.2) is 0 Å². The van der Waals surface area contributed by atoms with Crippen LogP contribution in [0, 0.1) is 20.8 Å². The van der Waals surface area contributed by atoms with Crippen LogP contribution in [-0.4, -0.2) is 8.42 Å². The summed E-state index contributed by atoms with van der Waals surface area (Å²) in [5.41, 5.74) is 3.53. The first kappa shape index (κ1) is 13.6. The number of anilines is 1. The molecule has 0 radical (unpaired) electrons. The highest BCUT2D eigenvalue weighted by Crippen LogP contribution is 2.19. The van der Waals surface area contributed by atoms with Gasteiger partial charge < -0.3 is 0 Å². The van der Waals surface area contributed by atoms with Crippen molar-refractivity contribution in [2.75, 3.05) is 4.72 Å². The Morgan fingerprint density at radius 2 is 1.32 bits per heavy atom. The first-order chi connectivity index (χ1) is 8.87. The van der Waals surface area contributed by atoms with Gasteiger partial charge in [0.05, 0.1) is 4.90 Å². The SMILES string of the molecule is Cc1ccc(NS(=O)(=O)c2cc(C)cc(C)c2)cc1. The molecule has 0 spiro atoms. The van der Waals surface area contributed by atoms with E-state index in [0.29, 0.717) is 10.6 Å². The molecule has 0 saturated heterocycles. The van der Waals surface area contributed by atoms with Gasteiger partial charge in [-0.3, -0.25) is 4.72 Å². The zero-order valence-corrected chi connectivity index (χ0v) is 12.1. The van der Waals surface area contributed by atoms with Gasteiger partial charge in [-0.25, -0.2) is 8.42 Å². The number of sulfonamides is 1. The van der Waals surface area contributed by atoms with E-state index < -0.39 is 10.0 Å². The minimum absolute atomic E-state index is 0.297. The van der Waals surface area contributed by atoms with Crippen LogP contribution in [0.3, 0.4) is 0 Å². The first-order valence-corrected chi connectivity index (χ1v) is 7.53. The molecule has 0 aliphatic rings. The number of hydrogen-bond acceptors (Lipinski definition) is 2. The highest BCUT2D eigenvalue weighted by Gasteiger charge is 2.14. The lowest BCUT2D eigenvalue weighted by Crippen LogP contribution is -2.13. The molecule has 0 aliphatic heterocycles. The Morgan fingerprint density at radius 3 is 1.84 bits per heavy atom. The first-order valence-electron chi connectivity index (χ1n) is 6.04. The van der Waals surface area contributed by atoms with Crippen LogP contribution in [0.5, 0.6) is 0 Å². The van der Waals surface area contributed by atoms with Gasteiger partial charge in [0.2, 0.25) is 0 Å². The number of benzene rings is 2. The van der Waals surface area contributed by atoms with Crippen molar-refractivity contribution in [3.63, 3.8) is 0 Å². The molecular formula is C15H17NO2S. The Hall–Kier alpha value is -1.81. The molecule has 0 amide bonds. The van der Waals surface area contributed by atoms with Gasteiger partial charge in [0.1, 0.15) is 0 Å². The van der Waals surface area contributed by atoms with Gasteiger partial charge in [-0.15, -0.1) is 0 Å². The van der Waals surface area contributed by atoms with Gasteiger partial charge in [-0.1, -0.05) is 23.8 Å². The predicted octanol–water partition coefficient (Wildman–Crippen LogP) is 3.41. The molecule has 0 saturated carbocycles. The molecule has 0 aromatic heterocycles. The number of aryl methyl sites for hydroxylation is 3. The van der Waals surface area contributed by atoms with E-state index in [0.717, 1.165) is 16.7 Å². The lowest BCUT2D eigenvalue weighted by atomic mass is 10.2. The Kier molecular flexibility index (Phi) is 3.62. The smallest absolute Gasteiger partial charge is 0.261 e. The lowest BCUT2D eigenvalue weighted by molar-refractivity contribution is 0.601. The van der Waals surface area contributed by atoms with E-state index in [9.17, 15) is 8.42 Å². The molecule has 19 heavy (non-hydrogen) atoms. The molecule has 0 aliphatic carbocycles. The van der Waals surface area contributed by atoms with E-state index in [1.165, 1.54) is 0 Å². The Balaban J connectivity index is 2.34. The minimum atomic E-state index is -3.52. The van der Waals surface area contributed by atoms with E-state index in [-0.39, 0.29) is 0 Å². The molecule has 0 bridgehead atoms. The summed E-state index contributed by atoms with van der Waals surface area (Å²) >= 11 is 0. The minimum Gasteiger partial charge on any atom is -0.280 e. The molecular weight excluding hydrogens is 258 g/mol. The molecule has 3 nitrogen and oxygen atoms in total. The second-order valence-electron chi connectivity index (χ2n) is 4.79. The summed E-state index contributed by atoms with van der Waals surface area (Å²) in [6.45, 7) is 5.73. The fourth-order valence-corrected chi connectivity index (χ4v) is 3.17. The topological polar surface area (TPSA) is 46.2 Å². The standard InChI is InChI=1S/C15H17NO2S/c1-11-4-6-14(7-5-11)16-19(17,18)15-9-12(2)8-13(3)10-15/h4-10,16H,1-3H3. The zero-order valence-electron chi connectivity index (χ0n) is 11.3. The van der Waals surface area contributed by atoms with E-state index in [1.807, 2.05) is 39.0 Å². The van der Waals surface area contributed by atoms with Crippen LogP contribution in [0.2, 0.25) is 0 Å². The average molecular weight is 275 g/mol. The lowest BCUT2D eigenvalue weighted by Gasteiger charge is -2.10. The summed E-state index contributed by atoms with van der Waals surface area (Å²) in [5.74, 6) is 0. The van der Waals surface area contributed by atoms with Gasteiger partial charge in [-0.05, 0) is 56.2 Å². The van der Waals surface area contributed by atoms with Gasteiger partial charge in [0.25, 0.3) is 10.0 Å². The van der Waals surface area contributed by atoms with E-state index in [1.54, 1.807) is 24.3 Å². The van der Waals surface area contributed by atoms with Crippen LogP contribution in [0.15, 0.2) is 47.4 Å². The van der Waals surface area contributed by atoms with E-state index >= 15 is 0 Å². The van der Waals surface area contributed by atoms with E-state index in [2.05, 4.69) is 4.72 Å². The Labute approximate surface area is 114 Å². The third kappa shape index (κ3) is 3.35. The fraction of sp³-hybridized carbons (Fsp3) is 0.200. The Bertz CT molecular complexity index is 668. The highest BCUT2D eigenvalue weighted by atomic mass is 32.2. The molecule has 0 fully saturated rings. The van der Waals surface area contributed by atoms with Crippen molar-refractivity contribution in [1.29, 1.82) is 0 Å². The molecule has 100 valence electrons. The average Bonchev–Trinajstić information content (AvgIpc) is 2.31. The third-order valence-electron chi connectivity index (χ3n) is 2.81. The summed E-state index contributed by atoms with van der Waals surface area (Å²) in [7, 11) is -3.52. The quantitative estimate of drug-likeness (QED) is 0.933. The summed E-state index contributed by atoms with van der Waals surface area (Å²) in [6, 6.07) is 12.6. The van der Waals surface area contributed by atoms with Crippen LogP contribution >= 0.6 is 0 Å². The van der Waals surface area contributed by atoms with Crippen molar-refractivity contribution >= 4 is 15.7 Å². The highest BCUT2D eigenvalue weighted by molar-refractivity contribution is 7.92. The Morgan fingerprint density at radius 1 is 0.789 bits per heavy atom. The summed E-state index contributed by atoms with van der Waals surface area (Å²) in [4.78, 5) is 0.297. The monoisotopic (exact) mass is 275 g/mol. The predicted molar refractivity (Wildman–Crippen MR) is 77.9 cm³/mol. The number of nitrogens with one attached hydrogen (secondary N) is 1. The van der Waals surface area contributed by atoms with Crippen molar-refractivity contribution in [1.82, 2.24) is 0 Å². The van der Waals surface area contributed by atoms with Crippen molar-refractivity contribution in [3.8, 4) is 0 Å². The molecule has 4 heteroatoms. The molecule has 0 atom stereocenters. The van der Waals surface area contributed by atoms with Crippen LogP contribution in [0.1, 0.15) is 16.7 Å². The maximum atomic E-state index is 12.3. The number of hydrogen-bond donors (Lipinski definition) is 1. The van der Waals surface area contributed by atoms with Crippen molar-refractivity contribution in [2.24, 2.45) is 0 Å². The molecule has 2 aromatic carbocycles. The molecule has 1 N–H and O–H groups in total. The van der Waals surface area contributed by atoms with Gasteiger partial charge in [0, 0.05) is 5.69 Å². The fourth-order valence-electron chi connectivity index (χ4n) is 1.92. The molecule has 0 unspecified atom stereocenters. The van der Waals surface area contributed by atoms with Crippen LogP contribution in [0.4, 0.5) is 5.69 Å². The van der Waals surface area contributed by atoms with Gasteiger partial charge >= 0.3 is 0 Å². The molecule has 2 aromatic rings. The molecule has 0 heterocycles. The third-order valence-corrected chi connectivity index (χ3v) is 4.17. The zero-order chi connectivity index (χ0) is 14.0.